The lowest BCUT2D eigenvalue weighted by Crippen LogP contribution is -2.39. The summed E-state index contributed by atoms with van der Waals surface area (Å²) in [6.45, 7) is 6.49. The maximum atomic E-state index is 13.6. The second-order valence-corrected chi connectivity index (χ2v) is 7.19. The van der Waals surface area contributed by atoms with Crippen molar-refractivity contribution in [3.8, 4) is 0 Å². The van der Waals surface area contributed by atoms with E-state index in [1.54, 1.807) is 30.1 Å². The Morgan fingerprint density at radius 3 is 2.25 bits per heavy atom. The molecular weight excluding hydrogens is 357 g/mol. The first-order valence-corrected chi connectivity index (χ1v) is 9.32. The normalized spacial score (nSPS) is 10.8. The van der Waals surface area contributed by atoms with Crippen LogP contribution in [0.5, 0.6) is 0 Å². The van der Waals surface area contributed by atoms with E-state index in [4.69, 9.17) is 0 Å². The van der Waals surface area contributed by atoms with Crippen molar-refractivity contribution in [1.29, 1.82) is 0 Å². The van der Waals surface area contributed by atoms with E-state index in [0.29, 0.717) is 18.5 Å². The Morgan fingerprint density at radius 2 is 1.61 bits per heavy atom. The fourth-order valence-electron chi connectivity index (χ4n) is 3.20. The van der Waals surface area contributed by atoms with Crippen molar-refractivity contribution >= 4 is 17.5 Å². The molecule has 2 N–H and O–H groups in total. The number of likely N-dealkylation sites (N-methyl/N-ethyl adjacent to an activating group) is 1. The first-order valence-electron chi connectivity index (χ1n) is 9.32. The van der Waals surface area contributed by atoms with Crippen LogP contribution < -0.4 is 10.6 Å². The molecule has 0 saturated carbocycles. The number of amides is 2. The number of aryl methyl sites for hydroxylation is 3. The topological polar surface area (TPSA) is 61.4 Å². The number of anilines is 1. The Balaban J connectivity index is 1.76. The van der Waals surface area contributed by atoms with Crippen LogP contribution in [-0.2, 0) is 16.0 Å². The quantitative estimate of drug-likeness (QED) is 0.734. The average Bonchev–Trinajstić information content (AvgIpc) is 2.59. The van der Waals surface area contributed by atoms with E-state index in [1.807, 2.05) is 32.9 Å². The number of hydrogen-bond acceptors (Lipinski definition) is 3. The van der Waals surface area contributed by atoms with Gasteiger partial charge in [0.15, 0.2) is 0 Å². The van der Waals surface area contributed by atoms with Crippen LogP contribution in [0.25, 0.3) is 0 Å². The van der Waals surface area contributed by atoms with Crippen LogP contribution in [0, 0.1) is 26.6 Å². The molecule has 150 valence electrons. The molecule has 0 radical (unpaired) electrons. The Kier molecular flexibility index (Phi) is 7.70. The van der Waals surface area contributed by atoms with Gasteiger partial charge < -0.3 is 10.6 Å². The number of halogens is 1. The maximum absolute atomic E-state index is 13.6. The minimum absolute atomic E-state index is 0.0938. The molecule has 0 saturated heterocycles. The molecule has 0 heterocycles. The summed E-state index contributed by atoms with van der Waals surface area (Å²) in [6.07, 6.45) is 0.425. The van der Waals surface area contributed by atoms with Crippen LogP contribution >= 0.6 is 0 Å². The minimum Gasteiger partial charge on any atom is -0.355 e. The number of hydrogen-bond donors (Lipinski definition) is 2. The highest BCUT2D eigenvalue weighted by atomic mass is 19.1. The zero-order chi connectivity index (χ0) is 20.7. The van der Waals surface area contributed by atoms with Gasteiger partial charge in [0.1, 0.15) is 5.82 Å². The van der Waals surface area contributed by atoms with Crippen molar-refractivity contribution in [2.75, 3.05) is 32.0 Å². The molecule has 0 aliphatic rings. The Bertz CT molecular complexity index is 828. The van der Waals surface area contributed by atoms with Crippen LogP contribution in [0.1, 0.15) is 22.3 Å². The standard InChI is InChI=1S/C22H28FN3O2/c1-15-11-16(2)22(17(3)12-15)25-21(28)14-26(4)13-20(27)24-10-9-18-7-5-6-8-19(18)23/h5-8,11-12H,9-10,13-14H2,1-4H3,(H,24,27)(H,25,28). The number of benzene rings is 2. The number of carbonyl (C=O) groups excluding carboxylic acids is 2. The van der Waals surface area contributed by atoms with E-state index < -0.39 is 0 Å². The lowest BCUT2D eigenvalue weighted by molar-refractivity contribution is -0.122. The van der Waals surface area contributed by atoms with Gasteiger partial charge in [-0.1, -0.05) is 35.9 Å². The largest absolute Gasteiger partial charge is 0.355 e. The van der Waals surface area contributed by atoms with Gasteiger partial charge in [-0.15, -0.1) is 0 Å². The summed E-state index contributed by atoms with van der Waals surface area (Å²) in [4.78, 5) is 26.0. The molecular formula is C22H28FN3O2. The Morgan fingerprint density at radius 1 is 1.00 bits per heavy atom. The summed E-state index contributed by atoms with van der Waals surface area (Å²) in [6, 6.07) is 10.6. The maximum Gasteiger partial charge on any atom is 0.238 e. The van der Waals surface area contributed by atoms with Crippen LogP contribution in [0.4, 0.5) is 10.1 Å². The van der Waals surface area contributed by atoms with E-state index >= 15 is 0 Å². The highest BCUT2D eigenvalue weighted by Crippen LogP contribution is 2.21. The molecule has 28 heavy (non-hydrogen) atoms. The monoisotopic (exact) mass is 385 g/mol. The summed E-state index contributed by atoms with van der Waals surface area (Å²) in [5.41, 5.74) is 4.56. The van der Waals surface area contributed by atoms with Gasteiger partial charge in [-0.25, -0.2) is 4.39 Å². The zero-order valence-corrected chi connectivity index (χ0v) is 16.9. The van der Waals surface area contributed by atoms with Crippen molar-refractivity contribution in [1.82, 2.24) is 10.2 Å². The van der Waals surface area contributed by atoms with Gasteiger partial charge in [-0.05, 0) is 57.0 Å². The second-order valence-electron chi connectivity index (χ2n) is 7.19. The average molecular weight is 385 g/mol. The van der Waals surface area contributed by atoms with E-state index in [1.165, 1.54) is 6.07 Å². The number of carbonyl (C=O) groups is 2. The van der Waals surface area contributed by atoms with Crippen LogP contribution in [0.15, 0.2) is 36.4 Å². The predicted octanol–water partition coefficient (Wildman–Crippen LogP) is 2.98. The highest BCUT2D eigenvalue weighted by Gasteiger charge is 2.13. The molecule has 6 heteroatoms. The van der Waals surface area contributed by atoms with Gasteiger partial charge in [-0.3, -0.25) is 14.5 Å². The van der Waals surface area contributed by atoms with Gasteiger partial charge in [0, 0.05) is 12.2 Å². The van der Waals surface area contributed by atoms with E-state index in [-0.39, 0.29) is 30.7 Å². The molecule has 2 amide bonds. The molecule has 0 unspecified atom stereocenters. The first-order chi connectivity index (χ1) is 13.3. The van der Waals surface area contributed by atoms with Gasteiger partial charge in [0.05, 0.1) is 13.1 Å². The SMILES string of the molecule is Cc1cc(C)c(NC(=O)CN(C)CC(=O)NCCc2ccccc2F)c(C)c1. The lowest BCUT2D eigenvalue weighted by Gasteiger charge is -2.18. The Hall–Kier alpha value is -2.73. The van der Waals surface area contributed by atoms with Crippen molar-refractivity contribution in [2.45, 2.75) is 27.2 Å². The summed E-state index contributed by atoms with van der Waals surface area (Å²) in [5, 5.41) is 5.68. The lowest BCUT2D eigenvalue weighted by atomic mass is 10.1. The fourth-order valence-corrected chi connectivity index (χ4v) is 3.20. The molecule has 0 aliphatic heterocycles. The van der Waals surface area contributed by atoms with E-state index in [0.717, 1.165) is 22.4 Å². The third kappa shape index (κ3) is 6.46. The summed E-state index contributed by atoms with van der Waals surface area (Å²) in [5.74, 6) is -0.640. The second kappa shape index (κ2) is 9.99. The third-order valence-electron chi connectivity index (χ3n) is 4.44. The molecule has 0 aromatic heterocycles. The van der Waals surface area contributed by atoms with E-state index in [2.05, 4.69) is 10.6 Å². The van der Waals surface area contributed by atoms with Gasteiger partial charge in [-0.2, -0.15) is 0 Å². The van der Waals surface area contributed by atoms with E-state index in [9.17, 15) is 14.0 Å². The number of nitrogens with zero attached hydrogens (tertiary/aromatic N) is 1. The molecule has 2 aromatic carbocycles. The van der Waals surface area contributed by atoms with Crippen molar-refractivity contribution < 1.29 is 14.0 Å². The molecule has 0 spiro atoms. The molecule has 0 fully saturated rings. The van der Waals surface area contributed by atoms with Crippen molar-refractivity contribution in [3.05, 3.63) is 64.5 Å². The molecule has 0 bridgehead atoms. The zero-order valence-electron chi connectivity index (χ0n) is 16.9. The van der Waals surface area contributed by atoms with Gasteiger partial charge in [0.2, 0.25) is 11.8 Å². The molecule has 5 nitrogen and oxygen atoms in total. The molecule has 0 atom stereocenters. The molecule has 0 aliphatic carbocycles. The number of rotatable bonds is 8. The molecule has 2 rings (SSSR count). The van der Waals surface area contributed by atoms with Gasteiger partial charge in [0.25, 0.3) is 0 Å². The third-order valence-corrected chi connectivity index (χ3v) is 4.44. The molecule has 2 aromatic rings. The van der Waals surface area contributed by atoms with Crippen LogP contribution in [0.2, 0.25) is 0 Å². The van der Waals surface area contributed by atoms with Crippen LogP contribution in [-0.4, -0.2) is 43.4 Å². The minimum atomic E-state index is -0.271. The first kappa shape index (κ1) is 21.6. The van der Waals surface area contributed by atoms with Gasteiger partial charge >= 0.3 is 0 Å². The number of nitrogens with one attached hydrogen (secondary N) is 2. The van der Waals surface area contributed by atoms with Crippen LogP contribution in [0.3, 0.4) is 0 Å². The summed E-state index contributed by atoms with van der Waals surface area (Å²) >= 11 is 0. The summed E-state index contributed by atoms with van der Waals surface area (Å²) in [7, 11) is 1.71. The summed E-state index contributed by atoms with van der Waals surface area (Å²) < 4.78 is 13.6. The van der Waals surface area contributed by atoms with Crippen molar-refractivity contribution in [3.63, 3.8) is 0 Å². The fraction of sp³-hybridized carbons (Fsp3) is 0.364. The smallest absolute Gasteiger partial charge is 0.238 e. The Labute approximate surface area is 165 Å². The predicted molar refractivity (Wildman–Crippen MR) is 110 cm³/mol. The highest BCUT2D eigenvalue weighted by molar-refractivity contribution is 5.94. The van der Waals surface area contributed by atoms with Crippen molar-refractivity contribution in [2.24, 2.45) is 0 Å².